The fraction of sp³-hybridized carbons (Fsp3) is 0.278. The number of hydrogen-bond donors (Lipinski definition) is 1. The Morgan fingerprint density at radius 2 is 1.75 bits per heavy atom. The van der Waals surface area contributed by atoms with Crippen molar-refractivity contribution >= 4 is 11.6 Å². The monoisotopic (exact) mass is 329 g/mol. The van der Waals surface area contributed by atoms with Gasteiger partial charge in [0.25, 0.3) is 5.91 Å². The van der Waals surface area contributed by atoms with Crippen molar-refractivity contribution in [3.63, 3.8) is 0 Å². The molecule has 1 aliphatic rings. The molecule has 1 N–H and O–H groups in total. The van der Waals surface area contributed by atoms with Gasteiger partial charge in [-0.25, -0.2) is 0 Å². The van der Waals surface area contributed by atoms with Crippen LogP contribution in [-0.4, -0.2) is 33.3 Å². The average Bonchev–Trinajstić information content (AvgIpc) is 2.61. The first-order valence-corrected chi connectivity index (χ1v) is 7.56. The van der Waals surface area contributed by atoms with E-state index < -0.39 is 0 Å². The zero-order valence-electron chi connectivity index (χ0n) is 13.8. The molecule has 0 spiro atoms. The lowest BCUT2D eigenvalue weighted by Gasteiger charge is -2.20. The summed E-state index contributed by atoms with van der Waals surface area (Å²) in [6.45, 7) is 2.85. The van der Waals surface area contributed by atoms with Crippen LogP contribution in [0.15, 0.2) is 30.3 Å². The Kier molecular flexibility index (Phi) is 4.46. The molecule has 0 saturated heterocycles. The molecule has 6 heteroatoms. The van der Waals surface area contributed by atoms with Gasteiger partial charge >= 0.3 is 0 Å². The van der Waals surface area contributed by atoms with E-state index in [9.17, 15) is 4.79 Å². The second-order valence-corrected chi connectivity index (χ2v) is 5.33. The maximum absolute atomic E-state index is 12.6. The normalized spacial score (nSPS) is 12.5. The molecule has 0 atom stereocenters. The number of fused-ring (bicyclic) bond motifs is 1. The molecule has 0 saturated carbocycles. The van der Waals surface area contributed by atoms with Crippen LogP contribution in [0.1, 0.15) is 15.9 Å². The zero-order valence-corrected chi connectivity index (χ0v) is 13.8. The maximum Gasteiger partial charge on any atom is 0.256 e. The predicted octanol–water partition coefficient (Wildman–Crippen LogP) is 3.04. The van der Waals surface area contributed by atoms with Gasteiger partial charge in [0, 0.05) is 11.6 Å². The highest BCUT2D eigenvalue weighted by atomic mass is 16.6. The van der Waals surface area contributed by atoms with E-state index >= 15 is 0 Å². The number of hydrogen-bond acceptors (Lipinski definition) is 5. The number of carbonyl (C=O) groups excluding carboxylic acids is 1. The third kappa shape index (κ3) is 3.08. The third-order valence-electron chi connectivity index (χ3n) is 3.79. The first-order valence-electron chi connectivity index (χ1n) is 7.56. The second kappa shape index (κ2) is 6.70. The lowest BCUT2D eigenvalue weighted by atomic mass is 10.1. The van der Waals surface area contributed by atoms with Crippen LogP contribution in [0.25, 0.3) is 0 Å². The van der Waals surface area contributed by atoms with Gasteiger partial charge in [0.05, 0.1) is 19.9 Å². The molecule has 0 fully saturated rings. The zero-order chi connectivity index (χ0) is 17.1. The van der Waals surface area contributed by atoms with Crippen LogP contribution < -0.4 is 24.3 Å². The number of methoxy groups -OCH3 is 2. The van der Waals surface area contributed by atoms with Crippen LogP contribution in [0.3, 0.4) is 0 Å². The molecule has 0 unspecified atom stereocenters. The molecule has 2 aromatic carbocycles. The summed E-state index contributed by atoms with van der Waals surface area (Å²) in [5, 5.41) is 2.86. The van der Waals surface area contributed by atoms with Crippen LogP contribution in [-0.2, 0) is 0 Å². The molecule has 0 radical (unpaired) electrons. The fourth-order valence-electron chi connectivity index (χ4n) is 2.53. The molecular weight excluding hydrogens is 310 g/mol. The number of rotatable bonds is 4. The van der Waals surface area contributed by atoms with Gasteiger partial charge in [0.2, 0.25) is 0 Å². The SMILES string of the molecule is COc1ccc(NC(=O)c2cc3c(cc2C)OCCO3)c(OC)c1. The Hall–Kier alpha value is -2.89. The van der Waals surface area contributed by atoms with Crippen molar-refractivity contribution in [3.8, 4) is 23.0 Å². The largest absolute Gasteiger partial charge is 0.497 e. The lowest BCUT2D eigenvalue weighted by molar-refractivity contribution is 0.102. The van der Waals surface area contributed by atoms with Gasteiger partial charge in [-0.15, -0.1) is 0 Å². The van der Waals surface area contributed by atoms with Gasteiger partial charge in [0.15, 0.2) is 11.5 Å². The van der Waals surface area contributed by atoms with E-state index in [0.717, 1.165) is 5.56 Å². The number of nitrogens with one attached hydrogen (secondary N) is 1. The van der Waals surface area contributed by atoms with E-state index in [1.807, 2.05) is 13.0 Å². The van der Waals surface area contributed by atoms with Crippen LogP contribution in [0.2, 0.25) is 0 Å². The minimum absolute atomic E-state index is 0.243. The van der Waals surface area contributed by atoms with Crippen LogP contribution in [0.4, 0.5) is 5.69 Å². The minimum Gasteiger partial charge on any atom is -0.497 e. The Morgan fingerprint density at radius 1 is 1.04 bits per heavy atom. The van der Waals surface area contributed by atoms with Gasteiger partial charge < -0.3 is 24.3 Å². The van der Waals surface area contributed by atoms with Gasteiger partial charge in [-0.1, -0.05) is 0 Å². The van der Waals surface area contributed by atoms with Crippen molar-refractivity contribution in [2.75, 3.05) is 32.8 Å². The first kappa shape index (κ1) is 16.0. The number of aryl methyl sites for hydroxylation is 1. The van der Waals surface area contributed by atoms with Crippen LogP contribution in [0.5, 0.6) is 23.0 Å². The lowest BCUT2D eigenvalue weighted by Crippen LogP contribution is -2.18. The smallest absolute Gasteiger partial charge is 0.256 e. The van der Waals surface area contributed by atoms with Crippen molar-refractivity contribution < 1.29 is 23.7 Å². The Bertz CT molecular complexity index is 772. The van der Waals surface area contributed by atoms with Gasteiger partial charge in [0.1, 0.15) is 24.7 Å². The van der Waals surface area contributed by atoms with Gasteiger partial charge in [-0.3, -0.25) is 4.79 Å². The third-order valence-corrected chi connectivity index (χ3v) is 3.79. The molecule has 2 aromatic rings. The van der Waals surface area contributed by atoms with E-state index in [0.29, 0.717) is 47.5 Å². The van der Waals surface area contributed by atoms with E-state index in [-0.39, 0.29) is 5.91 Å². The molecule has 0 aliphatic carbocycles. The van der Waals surface area contributed by atoms with Crippen LogP contribution in [0, 0.1) is 6.92 Å². The van der Waals surface area contributed by atoms with Crippen molar-refractivity contribution in [2.45, 2.75) is 6.92 Å². The van der Waals surface area contributed by atoms with Crippen molar-refractivity contribution in [1.82, 2.24) is 0 Å². The summed E-state index contributed by atoms with van der Waals surface area (Å²) in [6, 6.07) is 8.73. The molecule has 1 amide bonds. The number of benzene rings is 2. The predicted molar refractivity (Wildman–Crippen MR) is 89.7 cm³/mol. The molecule has 126 valence electrons. The summed E-state index contributed by atoms with van der Waals surface area (Å²) >= 11 is 0. The van der Waals surface area contributed by atoms with E-state index in [4.69, 9.17) is 18.9 Å². The molecule has 24 heavy (non-hydrogen) atoms. The first-order chi connectivity index (χ1) is 11.6. The summed E-state index contributed by atoms with van der Waals surface area (Å²) in [5.74, 6) is 2.18. The highest BCUT2D eigenvalue weighted by Gasteiger charge is 2.19. The highest BCUT2D eigenvalue weighted by Crippen LogP contribution is 2.34. The molecule has 3 rings (SSSR count). The Labute approximate surface area is 140 Å². The molecule has 1 heterocycles. The minimum atomic E-state index is -0.243. The van der Waals surface area contributed by atoms with E-state index in [1.54, 1.807) is 38.5 Å². The number of anilines is 1. The molecule has 1 aliphatic heterocycles. The standard InChI is InChI=1S/C18H19NO5/c1-11-8-16-17(24-7-6-23-16)10-13(11)18(20)19-14-5-4-12(21-2)9-15(14)22-3/h4-5,8-10H,6-7H2,1-3H3,(H,19,20). The number of ether oxygens (including phenoxy) is 4. The summed E-state index contributed by atoms with van der Waals surface area (Å²) in [4.78, 5) is 12.6. The molecule has 0 aromatic heterocycles. The topological polar surface area (TPSA) is 66.0 Å². The second-order valence-electron chi connectivity index (χ2n) is 5.33. The van der Waals surface area contributed by atoms with E-state index in [2.05, 4.69) is 5.32 Å². The maximum atomic E-state index is 12.6. The van der Waals surface area contributed by atoms with Crippen molar-refractivity contribution in [2.24, 2.45) is 0 Å². The molecule has 0 bridgehead atoms. The van der Waals surface area contributed by atoms with Gasteiger partial charge in [-0.05, 0) is 36.8 Å². The molecular formula is C18H19NO5. The quantitative estimate of drug-likeness (QED) is 0.934. The summed E-state index contributed by atoms with van der Waals surface area (Å²) < 4.78 is 21.5. The fourth-order valence-corrected chi connectivity index (χ4v) is 2.53. The number of carbonyl (C=O) groups is 1. The summed E-state index contributed by atoms with van der Waals surface area (Å²) in [5.41, 5.74) is 1.90. The van der Waals surface area contributed by atoms with Gasteiger partial charge in [-0.2, -0.15) is 0 Å². The summed E-state index contributed by atoms with van der Waals surface area (Å²) in [6.07, 6.45) is 0. The van der Waals surface area contributed by atoms with Crippen molar-refractivity contribution in [3.05, 3.63) is 41.5 Å². The number of amides is 1. The average molecular weight is 329 g/mol. The van der Waals surface area contributed by atoms with Crippen LogP contribution >= 0.6 is 0 Å². The van der Waals surface area contributed by atoms with Crippen molar-refractivity contribution in [1.29, 1.82) is 0 Å². The Balaban J connectivity index is 1.88. The highest BCUT2D eigenvalue weighted by molar-refractivity contribution is 6.06. The van der Waals surface area contributed by atoms with E-state index in [1.165, 1.54) is 0 Å². The Morgan fingerprint density at radius 3 is 2.42 bits per heavy atom. The molecule has 6 nitrogen and oxygen atoms in total. The summed E-state index contributed by atoms with van der Waals surface area (Å²) in [7, 11) is 3.12.